The largest absolute Gasteiger partial charge is 0.339 e. The summed E-state index contributed by atoms with van der Waals surface area (Å²) in [6.07, 6.45) is 0.0819. The van der Waals surface area contributed by atoms with E-state index in [9.17, 15) is 14.4 Å². The Morgan fingerprint density at radius 3 is 2.53 bits per heavy atom. The second-order valence-corrected chi connectivity index (χ2v) is 7.38. The fourth-order valence-electron chi connectivity index (χ4n) is 3.42. The normalized spacial score (nSPS) is 11.0. The molecule has 0 aliphatic carbocycles. The van der Waals surface area contributed by atoms with Crippen LogP contribution < -0.4 is 10.9 Å². The van der Waals surface area contributed by atoms with Crippen molar-refractivity contribution in [2.24, 2.45) is 0 Å². The van der Waals surface area contributed by atoms with Gasteiger partial charge in [0.2, 0.25) is 5.91 Å². The number of hydrogen-bond donors (Lipinski definition) is 2. The van der Waals surface area contributed by atoms with Crippen LogP contribution in [0.15, 0.2) is 29.1 Å². The molecule has 0 bridgehead atoms. The molecular formula is C21H24ClN5O3. The third-order valence-electron chi connectivity index (χ3n) is 5.07. The Balaban J connectivity index is 1.79. The summed E-state index contributed by atoms with van der Waals surface area (Å²) < 4.78 is 1.57. The first-order chi connectivity index (χ1) is 14.2. The quantitative estimate of drug-likeness (QED) is 0.629. The number of carbonyl (C=O) groups excluding carboxylic acids is 2. The Kier molecular flexibility index (Phi) is 6.26. The Hall–Kier alpha value is -3.13. The van der Waals surface area contributed by atoms with Crippen LogP contribution in [0.2, 0.25) is 5.02 Å². The Labute approximate surface area is 178 Å². The Morgan fingerprint density at radius 2 is 1.90 bits per heavy atom. The first-order valence-electron chi connectivity index (χ1n) is 9.71. The van der Waals surface area contributed by atoms with Crippen LogP contribution in [0.3, 0.4) is 0 Å². The number of halogens is 1. The number of carbonyl (C=O) groups is 2. The van der Waals surface area contributed by atoms with Crippen molar-refractivity contribution >= 4 is 34.7 Å². The number of aryl methyl sites for hydroxylation is 2. The molecule has 3 aromatic rings. The molecule has 30 heavy (non-hydrogen) atoms. The molecular weight excluding hydrogens is 406 g/mol. The van der Waals surface area contributed by atoms with Crippen LogP contribution in [-0.2, 0) is 11.2 Å². The van der Waals surface area contributed by atoms with Gasteiger partial charge in [-0.15, -0.1) is 0 Å². The number of hydrogen-bond acceptors (Lipinski definition) is 4. The van der Waals surface area contributed by atoms with Gasteiger partial charge in [0.05, 0.1) is 17.0 Å². The van der Waals surface area contributed by atoms with Crippen LogP contribution in [0.1, 0.15) is 41.2 Å². The van der Waals surface area contributed by atoms with Crippen LogP contribution in [0.5, 0.6) is 0 Å². The molecule has 3 rings (SSSR count). The number of aromatic amines is 1. The number of rotatable bonds is 6. The maximum Gasteiger partial charge on any atom is 0.266 e. The molecule has 0 unspecified atom stereocenters. The molecule has 1 aromatic carbocycles. The van der Waals surface area contributed by atoms with Gasteiger partial charge in [-0.3, -0.25) is 19.5 Å². The van der Waals surface area contributed by atoms with E-state index < -0.39 is 0 Å². The highest BCUT2D eigenvalue weighted by molar-refractivity contribution is 6.34. The summed E-state index contributed by atoms with van der Waals surface area (Å²) in [6.45, 7) is 8.62. The second kappa shape index (κ2) is 8.71. The summed E-state index contributed by atoms with van der Waals surface area (Å²) in [6, 6.07) is 6.26. The van der Waals surface area contributed by atoms with Crippen molar-refractivity contribution in [3.63, 3.8) is 0 Å². The highest BCUT2D eigenvalue weighted by atomic mass is 35.5. The Morgan fingerprint density at radius 1 is 1.20 bits per heavy atom. The summed E-state index contributed by atoms with van der Waals surface area (Å²) >= 11 is 6.30. The lowest BCUT2D eigenvalue weighted by Gasteiger charge is -2.19. The monoisotopic (exact) mass is 429 g/mol. The fraction of sp³-hybridized carbons (Fsp3) is 0.333. The van der Waals surface area contributed by atoms with E-state index in [1.165, 1.54) is 6.07 Å². The molecule has 0 aliphatic rings. The van der Waals surface area contributed by atoms with Gasteiger partial charge in [0.25, 0.3) is 11.5 Å². The molecule has 0 fully saturated rings. The van der Waals surface area contributed by atoms with Crippen LogP contribution in [0, 0.1) is 13.8 Å². The number of fused-ring (bicyclic) bond motifs is 1. The van der Waals surface area contributed by atoms with Gasteiger partial charge in [-0.05, 0) is 45.9 Å². The summed E-state index contributed by atoms with van der Waals surface area (Å²) in [7, 11) is 0. The van der Waals surface area contributed by atoms with Crippen molar-refractivity contribution in [3.8, 4) is 0 Å². The van der Waals surface area contributed by atoms with Crippen LogP contribution in [-0.4, -0.2) is 44.4 Å². The third kappa shape index (κ3) is 4.23. The smallest absolute Gasteiger partial charge is 0.266 e. The van der Waals surface area contributed by atoms with E-state index in [1.807, 2.05) is 20.8 Å². The minimum Gasteiger partial charge on any atom is -0.339 e. The molecule has 0 saturated carbocycles. The van der Waals surface area contributed by atoms with Crippen LogP contribution in [0.4, 0.5) is 5.69 Å². The van der Waals surface area contributed by atoms with Crippen molar-refractivity contribution in [2.75, 3.05) is 18.4 Å². The molecule has 2 amide bonds. The van der Waals surface area contributed by atoms with Gasteiger partial charge >= 0.3 is 0 Å². The fourth-order valence-corrected chi connectivity index (χ4v) is 3.69. The van der Waals surface area contributed by atoms with Crippen molar-refractivity contribution in [3.05, 3.63) is 62.2 Å². The molecule has 2 aromatic heterocycles. The number of amides is 2. The lowest BCUT2D eigenvalue weighted by molar-refractivity contribution is -0.115. The zero-order valence-corrected chi connectivity index (χ0v) is 18.1. The van der Waals surface area contributed by atoms with E-state index in [-0.39, 0.29) is 28.8 Å². The summed E-state index contributed by atoms with van der Waals surface area (Å²) in [4.78, 5) is 42.8. The van der Waals surface area contributed by atoms with Crippen LogP contribution in [0.25, 0.3) is 5.65 Å². The molecule has 0 spiro atoms. The van der Waals surface area contributed by atoms with Crippen molar-refractivity contribution < 1.29 is 9.59 Å². The molecule has 158 valence electrons. The van der Waals surface area contributed by atoms with Gasteiger partial charge in [0.1, 0.15) is 0 Å². The average molecular weight is 430 g/mol. The lowest BCUT2D eigenvalue weighted by atomic mass is 10.1. The second-order valence-electron chi connectivity index (χ2n) is 6.97. The number of nitrogens with zero attached hydrogens (tertiary/aromatic N) is 3. The summed E-state index contributed by atoms with van der Waals surface area (Å²) in [5.41, 5.74) is 3.31. The maximum atomic E-state index is 12.6. The minimum absolute atomic E-state index is 0.0819. The zero-order chi connectivity index (χ0) is 22.0. The van der Waals surface area contributed by atoms with Crippen molar-refractivity contribution in [1.82, 2.24) is 19.5 Å². The maximum absolute atomic E-state index is 12.6. The van der Waals surface area contributed by atoms with E-state index in [2.05, 4.69) is 15.4 Å². The SMILES string of the molecule is CCN(CC)C(=O)c1ccc(NC(=O)Cc2c(C)nc3cc(=O)[nH]n3c2C)cc1Cl. The molecule has 2 heterocycles. The minimum atomic E-state index is -0.254. The third-order valence-corrected chi connectivity index (χ3v) is 5.39. The van der Waals surface area contributed by atoms with E-state index in [0.717, 1.165) is 11.3 Å². The van der Waals surface area contributed by atoms with Gasteiger partial charge in [0, 0.05) is 41.8 Å². The van der Waals surface area contributed by atoms with E-state index in [4.69, 9.17) is 11.6 Å². The van der Waals surface area contributed by atoms with Gasteiger partial charge in [-0.1, -0.05) is 11.6 Å². The molecule has 9 heteroatoms. The first-order valence-corrected chi connectivity index (χ1v) is 10.1. The number of H-pyrrole nitrogens is 1. The molecule has 0 saturated heterocycles. The number of anilines is 1. The molecule has 0 radical (unpaired) electrons. The molecule has 0 atom stereocenters. The van der Waals surface area contributed by atoms with E-state index in [1.54, 1.807) is 34.5 Å². The first kappa shape index (κ1) is 21.6. The number of benzene rings is 1. The summed E-state index contributed by atoms with van der Waals surface area (Å²) in [5, 5.41) is 5.76. The van der Waals surface area contributed by atoms with Crippen molar-refractivity contribution in [1.29, 1.82) is 0 Å². The van der Waals surface area contributed by atoms with Crippen LogP contribution >= 0.6 is 11.6 Å². The Bertz CT molecular complexity index is 1180. The van der Waals surface area contributed by atoms with Crippen molar-refractivity contribution in [2.45, 2.75) is 34.1 Å². The number of nitrogens with one attached hydrogen (secondary N) is 2. The lowest BCUT2D eigenvalue weighted by Crippen LogP contribution is -2.30. The standard InChI is InChI=1S/C21H24ClN5O3/c1-5-26(6-2)21(30)15-8-7-14(9-17(15)22)24-19(28)10-16-12(3)23-18-11-20(29)25-27(18)13(16)4/h7-9,11H,5-6,10H2,1-4H3,(H,24,28)(H,25,29). The highest BCUT2D eigenvalue weighted by Gasteiger charge is 2.18. The molecule has 8 nitrogen and oxygen atoms in total. The molecule has 0 aliphatic heterocycles. The topological polar surface area (TPSA) is 99.6 Å². The zero-order valence-electron chi connectivity index (χ0n) is 17.4. The number of aromatic nitrogens is 3. The molecule has 2 N–H and O–H groups in total. The van der Waals surface area contributed by atoms with Gasteiger partial charge < -0.3 is 10.2 Å². The van der Waals surface area contributed by atoms with Gasteiger partial charge in [-0.25, -0.2) is 9.50 Å². The summed E-state index contributed by atoms with van der Waals surface area (Å²) in [5.74, 6) is -0.398. The van der Waals surface area contributed by atoms with Gasteiger partial charge in [0.15, 0.2) is 5.65 Å². The predicted molar refractivity (Wildman–Crippen MR) is 116 cm³/mol. The van der Waals surface area contributed by atoms with E-state index >= 15 is 0 Å². The van der Waals surface area contributed by atoms with E-state index in [0.29, 0.717) is 35.7 Å². The highest BCUT2D eigenvalue weighted by Crippen LogP contribution is 2.23. The van der Waals surface area contributed by atoms with Gasteiger partial charge in [-0.2, -0.15) is 0 Å². The predicted octanol–water partition coefficient (Wildman–Crippen LogP) is 2.96. The average Bonchev–Trinajstić information content (AvgIpc) is 3.06.